The van der Waals surface area contributed by atoms with Gasteiger partial charge >= 0.3 is 0 Å². The molecule has 0 radical (unpaired) electrons. The maximum atomic E-state index is 5.43. The van der Waals surface area contributed by atoms with E-state index in [0.717, 1.165) is 23.7 Å². The van der Waals surface area contributed by atoms with Gasteiger partial charge in [-0.25, -0.2) is 0 Å². The molecule has 21 heavy (non-hydrogen) atoms. The van der Waals surface area contributed by atoms with Gasteiger partial charge in [-0.2, -0.15) is 0 Å². The SMILES string of the molecule is COc1ccccc1Sc1ccccc1CNCC(C)C. The Hall–Kier alpha value is -1.45. The van der Waals surface area contributed by atoms with Crippen LogP contribution in [0.3, 0.4) is 0 Å². The van der Waals surface area contributed by atoms with Gasteiger partial charge in [-0.15, -0.1) is 0 Å². The van der Waals surface area contributed by atoms with Crippen molar-refractivity contribution < 1.29 is 4.74 Å². The lowest BCUT2D eigenvalue weighted by Crippen LogP contribution is -2.19. The molecule has 0 heterocycles. The van der Waals surface area contributed by atoms with Crippen molar-refractivity contribution in [2.45, 2.75) is 30.2 Å². The number of benzene rings is 2. The summed E-state index contributed by atoms with van der Waals surface area (Å²) < 4.78 is 5.43. The van der Waals surface area contributed by atoms with Crippen molar-refractivity contribution in [1.82, 2.24) is 5.32 Å². The third kappa shape index (κ3) is 4.80. The largest absolute Gasteiger partial charge is 0.496 e. The van der Waals surface area contributed by atoms with Crippen LogP contribution in [0.1, 0.15) is 19.4 Å². The number of methoxy groups -OCH3 is 1. The second kappa shape index (κ2) is 8.11. The van der Waals surface area contributed by atoms with E-state index < -0.39 is 0 Å². The summed E-state index contributed by atoms with van der Waals surface area (Å²) in [5, 5.41) is 3.51. The fourth-order valence-electron chi connectivity index (χ4n) is 2.07. The van der Waals surface area contributed by atoms with Gasteiger partial charge in [0.25, 0.3) is 0 Å². The standard InChI is InChI=1S/C18H23NOS/c1-14(2)12-19-13-15-8-4-6-10-17(15)21-18-11-7-5-9-16(18)20-3/h4-11,14,19H,12-13H2,1-3H3. The van der Waals surface area contributed by atoms with E-state index in [1.807, 2.05) is 18.2 Å². The Morgan fingerprint density at radius 1 is 1.00 bits per heavy atom. The van der Waals surface area contributed by atoms with Crippen LogP contribution in [0.2, 0.25) is 0 Å². The quantitative estimate of drug-likeness (QED) is 0.808. The normalized spacial score (nSPS) is 10.9. The molecule has 0 aliphatic carbocycles. The fourth-order valence-corrected chi connectivity index (χ4v) is 3.12. The van der Waals surface area contributed by atoms with E-state index in [1.54, 1.807) is 18.9 Å². The highest BCUT2D eigenvalue weighted by Gasteiger charge is 2.07. The third-order valence-corrected chi connectivity index (χ3v) is 4.30. The van der Waals surface area contributed by atoms with Gasteiger partial charge < -0.3 is 10.1 Å². The van der Waals surface area contributed by atoms with Gasteiger partial charge in [-0.05, 0) is 36.2 Å². The first-order valence-electron chi connectivity index (χ1n) is 7.30. The molecule has 2 rings (SSSR count). The molecule has 0 saturated heterocycles. The van der Waals surface area contributed by atoms with Crippen LogP contribution in [0.5, 0.6) is 5.75 Å². The number of para-hydroxylation sites is 1. The predicted octanol–water partition coefficient (Wildman–Crippen LogP) is 4.59. The lowest BCUT2D eigenvalue weighted by Gasteiger charge is -2.13. The van der Waals surface area contributed by atoms with Crippen molar-refractivity contribution in [3.8, 4) is 5.75 Å². The van der Waals surface area contributed by atoms with Gasteiger partial charge in [0, 0.05) is 11.4 Å². The Morgan fingerprint density at radius 2 is 1.67 bits per heavy atom. The number of rotatable bonds is 7. The van der Waals surface area contributed by atoms with E-state index in [9.17, 15) is 0 Å². The predicted molar refractivity (Wildman–Crippen MR) is 90.1 cm³/mol. The summed E-state index contributed by atoms with van der Waals surface area (Å²) in [6.07, 6.45) is 0. The monoisotopic (exact) mass is 301 g/mol. The van der Waals surface area contributed by atoms with Gasteiger partial charge in [-0.3, -0.25) is 0 Å². The second-order valence-electron chi connectivity index (χ2n) is 5.39. The molecule has 112 valence electrons. The van der Waals surface area contributed by atoms with Gasteiger partial charge in [0.15, 0.2) is 0 Å². The molecule has 0 amide bonds. The molecule has 0 atom stereocenters. The zero-order valence-corrected chi connectivity index (χ0v) is 13.7. The van der Waals surface area contributed by atoms with Crippen LogP contribution >= 0.6 is 11.8 Å². The van der Waals surface area contributed by atoms with Crippen LogP contribution in [0.25, 0.3) is 0 Å². The van der Waals surface area contributed by atoms with Crippen molar-refractivity contribution in [3.05, 3.63) is 54.1 Å². The summed E-state index contributed by atoms with van der Waals surface area (Å²) in [5.74, 6) is 1.59. The molecule has 0 bridgehead atoms. The van der Waals surface area contributed by atoms with Gasteiger partial charge in [0.05, 0.1) is 12.0 Å². The maximum Gasteiger partial charge on any atom is 0.132 e. The summed E-state index contributed by atoms with van der Waals surface area (Å²) in [6, 6.07) is 16.7. The van der Waals surface area contributed by atoms with E-state index in [4.69, 9.17) is 4.74 Å². The van der Waals surface area contributed by atoms with Crippen molar-refractivity contribution >= 4 is 11.8 Å². The first-order valence-corrected chi connectivity index (χ1v) is 8.12. The van der Waals surface area contributed by atoms with Crippen molar-refractivity contribution in [2.24, 2.45) is 5.92 Å². The Balaban J connectivity index is 2.12. The lowest BCUT2D eigenvalue weighted by atomic mass is 10.2. The maximum absolute atomic E-state index is 5.43. The topological polar surface area (TPSA) is 21.3 Å². The van der Waals surface area contributed by atoms with E-state index in [0.29, 0.717) is 5.92 Å². The molecule has 2 nitrogen and oxygen atoms in total. The molecule has 1 N–H and O–H groups in total. The highest BCUT2D eigenvalue weighted by atomic mass is 32.2. The highest BCUT2D eigenvalue weighted by Crippen LogP contribution is 2.36. The van der Waals surface area contributed by atoms with Gasteiger partial charge in [0.1, 0.15) is 5.75 Å². The molecule has 0 saturated carbocycles. The third-order valence-electron chi connectivity index (χ3n) is 3.13. The van der Waals surface area contributed by atoms with E-state index in [-0.39, 0.29) is 0 Å². The Bertz CT molecular complexity index is 569. The summed E-state index contributed by atoms with van der Waals surface area (Å²) in [6.45, 7) is 6.38. The average Bonchev–Trinajstić information content (AvgIpc) is 2.49. The molecule has 0 aromatic heterocycles. The lowest BCUT2D eigenvalue weighted by molar-refractivity contribution is 0.405. The van der Waals surface area contributed by atoms with Crippen LogP contribution in [0, 0.1) is 5.92 Å². The molecule has 0 aliphatic rings. The molecule has 3 heteroatoms. The van der Waals surface area contributed by atoms with Crippen LogP contribution in [-0.4, -0.2) is 13.7 Å². The second-order valence-corrected chi connectivity index (χ2v) is 6.47. The summed E-state index contributed by atoms with van der Waals surface area (Å²) in [7, 11) is 1.72. The zero-order valence-electron chi connectivity index (χ0n) is 12.9. The smallest absolute Gasteiger partial charge is 0.132 e. The Morgan fingerprint density at radius 3 is 2.38 bits per heavy atom. The summed E-state index contributed by atoms with van der Waals surface area (Å²) in [5.41, 5.74) is 1.33. The van der Waals surface area contributed by atoms with Crippen molar-refractivity contribution in [1.29, 1.82) is 0 Å². The summed E-state index contributed by atoms with van der Waals surface area (Å²) >= 11 is 1.76. The highest BCUT2D eigenvalue weighted by molar-refractivity contribution is 7.99. The molecular formula is C18H23NOS. The molecule has 0 unspecified atom stereocenters. The van der Waals surface area contributed by atoms with Crippen molar-refractivity contribution in [2.75, 3.05) is 13.7 Å². The molecule has 2 aromatic rings. The minimum Gasteiger partial charge on any atom is -0.496 e. The average molecular weight is 301 g/mol. The minimum absolute atomic E-state index is 0.666. The molecule has 2 aromatic carbocycles. The first-order chi connectivity index (χ1) is 10.2. The number of nitrogens with one attached hydrogen (secondary N) is 1. The van der Waals surface area contributed by atoms with Crippen LogP contribution in [0.4, 0.5) is 0 Å². The molecular weight excluding hydrogens is 278 g/mol. The van der Waals surface area contributed by atoms with Gasteiger partial charge in [-0.1, -0.05) is 55.9 Å². The fraction of sp³-hybridized carbons (Fsp3) is 0.333. The van der Waals surface area contributed by atoms with Crippen LogP contribution < -0.4 is 10.1 Å². The number of ether oxygens (including phenoxy) is 1. The Labute approximate surface area is 131 Å². The van der Waals surface area contributed by atoms with E-state index >= 15 is 0 Å². The minimum atomic E-state index is 0.666. The van der Waals surface area contributed by atoms with Crippen molar-refractivity contribution in [3.63, 3.8) is 0 Å². The zero-order chi connectivity index (χ0) is 15.1. The molecule has 0 spiro atoms. The van der Waals surface area contributed by atoms with E-state index in [2.05, 4.69) is 49.5 Å². The van der Waals surface area contributed by atoms with Crippen LogP contribution in [0.15, 0.2) is 58.3 Å². The molecule has 0 aliphatic heterocycles. The van der Waals surface area contributed by atoms with Crippen LogP contribution in [-0.2, 0) is 6.54 Å². The number of hydrogen-bond donors (Lipinski definition) is 1. The first kappa shape index (κ1) is 15.9. The van der Waals surface area contributed by atoms with Gasteiger partial charge in [0.2, 0.25) is 0 Å². The van der Waals surface area contributed by atoms with E-state index in [1.165, 1.54) is 10.5 Å². The Kier molecular flexibility index (Phi) is 6.15. The summed E-state index contributed by atoms with van der Waals surface area (Å²) in [4.78, 5) is 2.43. The number of hydrogen-bond acceptors (Lipinski definition) is 3. The molecule has 0 fully saturated rings.